The summed E-state index contributed by atoms with van der Waals surface area (Å²) in [5, 5.41) is 0. The van der Waals surface area contributed by atoms with Gasteiger partial charge in [-0.3, -0.25) is 0 Å². The first-order chi connectivity index (χ1) is 3.81. The van der Waals surface area contributed by atoms with Crippen LogP contribution in [0.2, 0.25) is 0 Å². The Bertz CT molecular complexity index is 45.3. The average Bonchev–Trinajstić information content (AvgIpc) is 1.68. The molecule has 0 aliphatic rings. The highest BCUT2D eigenvalue weighted by molar-refractivity contribution is 6.13. The van der Waals surface area contributed by atoms with Crippen LogP contribution in [0, 0.1) is 5.92 Å². The van der Waals surface area contributed by atoms with E-state index >= 15 is 0 Å². The van der Waals surface area contributed by atoms with Crippen molar-refractivity contribution in [2.45, 2.75) is 6.92 Å². The van der Waals surface area contributed by atoms with Gasteiger partial charge in [-0.1, -0.05) is 6.92 Å². The molecule has 0 saturated carbocycles. The maximum Gasteiger partial charge on any atom is 0.0146 e. The van der Waals surface area contributed by atoms with Crippen LogP contribution in [0.25, 0.3) is 0 Å². The predicted molar refractivity (Wildman–Crippen MR) is 36.9 cm³/mol. The summed E-state index contributed by atoms with van der Waals surface area (Å²) < 4.78 is 0. The summed E-state index contributed by atoms with van der Waals surface area (Å²) >= 11 is 10.4. The molecule has 0 aromatic heterocycles. The van der Waals surface area contributed by atoms with Gasteiger partial charge in [0.15, 0.2) is 0 Å². The molecular weight excluding hydrogens is 147 g/mol. The summed E-state index contributed by atoms with van der Waals surface area (Å²) in [6.45, 7) is 3.60. The van der Waals surface area contributed by atoms with Crippen molar-refractivity contribution in [3.05, 3.63) is 0 Å². The Morgan fingerprint density at radius 1 is 1.25 bits per heavy atom. The third kappa shape index (κ3) is 4.65. The van der Waals surface area contributed by atoms with Crippen molar-refractivity contribution in [2.24, 2.45) is 5.92 Å². The molecule has 2 N–H and O–H groups in total. The lowest BCUT2D eigenvalue weighted by molar-refractivity contribution is 0.567. The first-order valence-corrected chi connectivity index (χ1v) is 3.23. The predicted octanol–water partition coefficient (Wildman–Crippen LogP) is 1.11. The molecule has 0 unspecified atom stereocenters. The SMILES string of the molecule is CC(CNCl)CNCl. The van der Waals surface area contributed by atoms with Crippen LogP contribution >= 0.6 is 23.6 Å². The molecule has 0 aromatic rings. The Kier molecular flexibility index (Phi) is 5.99. The number of nitrogens with one attached hydrogen (secondary N) is 2. The molecule has 0 fully saturated rings. The normalized spacial score (nSPS) is 10.5. The summed E-state index contributed by atoms with van der Waals surface area (Å²) in [5.41, 5.74) is 0. The Balaban J connectivity index is 2.92. The number of hydrogen-bond donors (Lipinski definition) is 2. The lowest BCUT2D eigenvalue weighted by atomic mass is 10.2. The second-order valence-corrected chi connectivity index (χ2v) is 2.32. The minimum Gasteiger partial charge on any atom is -0.233 e. The minimum absolute atomic E-state index is 0.477. The van der Waals surface area contributed by atoms with Gasteiger partial charge in [0, 0.05) is 13.1 Å². The van der Waals surface area contributed by atoms with Crippen LogP contribution < -0.4 is 9.67 Å². The smallest absolute Gasteiger partial charge is 0.0146 e. The molecule has 0 heterocycles. The van der Waals surface area contributed by atoms with Crippen molar-refractivity contribution < 1.29 is 0 Å². The maximum atomic E-state index is 5.21. The van der Waals surface area contributed by atoms with Crippen LogP contribution in [0.15, 0.2) is 0 Å². The summed E-state index contributed by atoms with van der Waals surface area (Å²) in [5.74, 6) is 0.477. The fraction of sp³-hybridized carbons (Fsp3) is 1.00. The highest BCUT2D eigenvalue weighted by Gasteiger charge is 1.96. The van der Waals surface area contributed by atoms with Gasteiger partial charge in [-0.2, -0.15) is 0 Å². The van der Waals surface area contributed by atoms with E-state index in [0.29, 0.717) is 5.92 Å². The van der Waals surface area contributed by atoms with Crippen LogP contribution in [0.4, 0.5) is 0 Å². The van der Waals surface area contributed by atoms with Crippen LogP contribution in [0.1, 0.15) is 6.92 Å². The van der Waals surface area contributed by atoms with Crippen LogP contribution in [0.5, 0.6) is 0 Å². The first kappa shape index (κ1) is 8.50. The topological polar surface area (TPSA) is 24.1 Å². The molecule has 0 rings (SSSR count). The molecule has 8 heavy (non-hydrogen) atoms. The quantitative estimate of drug-likeness (QED) is 0.597. The largest absolute Gasteiger partial charge is 0.233 e. The summed E-state index contributed by atoms with van der Waals surface area (Å²) in [7, 11) is 0. The van der Waals surface area contributed by atoms with Crippen molar-refractivity contribution in [1.82, 2.24) is 9.67 Å². The average molecular weight is 157 g/mol. The second-order valence-electron chi connectivity index (χ2n) is 1.78. The molecular formula is C4H10Cl2N2. The molecule has 0 aromatic carbocycles. The van der Waals surface area contributed by atoms with Gasteiger partial charge in [-0.25, -0.2) is 9.67 Å². The van der Waals surface area contributed by atoms with E-state index in [1.165, 1.54) is 0 Å². The zero-order chi connectivity index (χ0) is 6.41. The first-order valence-electron chi connectivity index (χ1n) is 2.48. The van der Waals surface area contributed by atoms with Gasteiger partial charge >= 0.3 is 0 Å². The van der Waals surface area contributed by atoms with Crippen molar-refractivity contribution in [1.29, 1.82) is 0 Å². The van der Waals surface area contributed by atoms with Crippen LogP contribution in [-0.2, 0) is 0 Å². The highest BCUT2D eigenvalue weighted by atomic mass is 35.5. The van der Waals surface area contributed by atoms with Crippen LogP contribution in [0.3, 0.4) is 0 Å². The fourth-order valence-electron chi connectivity index (χ4n) is 0.336. The minimum atomic E-state index is 0.477. The van der Waals surface area contributed by atoms with E-state index in [1.807, 2.05) is 6.92 Å². The van der Waals surface area contributed by atoms with Crippen molar-refractivity contribution in [3.8, 4) is 0 Å². The number of rotatable bonds is 4. The molecule has 4 heteroatoms. The molecule has 0 bridgehead atoms. The van der Waals surface area contributed by atoms with E-state index in [1.54, 1.807) is 0 Å². The highest BCUT2D eigenvalue weighted by Crippen LogP contribution is 1.89. The molecule has 0 spiro atoms. The van der Waals surface area contributed by atoms with Crippen molar-refractivity contribution >= 4 is 23.6 Å². The van der Waals surface area contributed by atoms with E-state index in [2.05, 4.69) is 9.67 Å². The Morgan fingerprint density at radius 2 is 1.62 bits per heavy atom. The van der Waals surface area contributed by atoms with E-state index in [9.17, 15) is 0 Å². The summed E-state index contributed by atoms with van der Waals surface area (Å²) in [6, 6.07) is 0. The van der Waals surface area contributed by atoms with E-state index in [-0.39, 0.29) is 0 Å². The van der Waals surface area contributed by atoms with Crippen LogP contribution in [-0.4, -0.2) is 13.1 Å². The van der Waals surface area contributed by atoms with Gasteiger partial charge in [0.05, 0.1) is 0 Å². The molecule has 0 atom stereocenters. The van der Waals surface area contributed by atoms with E-state index in [4.69, 9.17) is 23.6 Å². The van der Waals surface area contributed by atoms with Gasteiger partial charge in [0.25, 0.3) is 0 Å². The van der Waals surface area contributed by atoms with Gasteiger partial charge in [-0.15, -0.1) is 0 Å². The summed E-state index contributed by atoms with van der Waals surface area (Å²) in [4.78, 5) is 5.05. The molecule has 0 radical (unpaired) electrons. The zero-order valence-electron chi connectivity index (χ0n) is 4.75. The van der Waals surface area contributed by atoms with E-state index < -0.39 is 0 Å². The van der Waals surface area contributed by atoms with Gasteiger partial charge < -0.3 is 0 Å². The molecule has 0 amide bonds. The molecule has 2 nitrogen and oxygen atoms in total. The lowest BCUT2D eigenvalue weighted by Crippen LogP contribution is -2.20. The molecule has 0 aliphatic heterocycles. The number of hydrogen-bond acceptors (Lipinski definition) is 2. The Morgan fingerprint density at radius 3 is 1.88 bits per heavy atom. The maximum absolute atomic E-state index is 5.21. The van der Waals surface area contributed by atoms with E-state index in [0.717, 1.165) is 13.1 Å². The van der Waals surface area contributed by atoms with Gasteiger partial charge in [0.1, 0.15) is 0 Å². The molecule has 0 aliphatic carbocycles. The van der Waals surface area contributed by atoms with Crippen molar-refractivity contribution in [3.63, 3.8) is 0 Å². The molecule has 0 saturated heterocycles. The lowest BCUT2D eigenvalue weighted by Gasteiger charge is -2.05. The summed E-state index contributed by atoms with van der Waals surface area (Å²) in [6.07, 6.45) is 0. The van der Waals surface area contributed by atoms with Crippen molar-refractivity contribution in [2.75, 3.05) is 13.1 Å². The third-order valence-corrected chi connectivity index (χ3v) is 1.16. The number of halogens is 2. The third-order valence-electron chi connectivity index (χ3n) is 0.851. The standard InChI is InChI=1S/C4H10Cl2N2/c1-4(2-7-5)3-8-6/h4,7-8H,2-3H2,1H3. The second kappa shape index (κ2) is 5.63. The fourth-order valence-corrected chi connectivity index (χ4v) is 0.862. The Labute approximate surface area is 59.8 Å². The monoisotopic (exact) mass is 156 g/mol. The molecule has 50 valence electrons. The van der Waals surface area contributed by atoms with Gasteiger partial charge in [-0.05, 0) is 29.5 Å². The zero-order valence-corrected chi connectivity index (χ0v) is 6.26. The van der Waals surface area contributed by atoms with Gasteiger partial charge in [0.2, 0.25) is 0 Å². The Hall–Kier alpha value is 0.500.